The zero-order valence-electron chi connectivity index (χ0n) is 15.2. The van der Waals surface area contributed by atoms with Gasteiger partial charge in [-0.15, -0.1) is 0 Å². The summed E-state index contributed by atoms with van der Waals surface area (Å²) < 4.78 is 13.2. The minimum Gasteiger partial charge on any atom is -0.363 e. The van der Waals surface area contributed by atoms with E-state index in [0.717, 1.165) is 23.8 Å². The van der Waals surface area contributed by atoms with Crippen LogP contribution >= 0.6 is 0 Å². The number of carbonyl (C=O) groups is 1. The van der Waals surface area contributed by atoms with E-state index < -0.39 is 11.7 Å². The highest BCUT2D eigenvalue weighted by atomic mass is 19.1. The zero-order valence-corrected chi connectivity index (χ0v) is 15.2. The van der Waals surface area contributed by atoms with E-state index in [2.05, 4.69) is 25.6 Å². The Balaban J connectivity index is 1.70. The number of anilines is 4. The number of amides is 1. The first kappa shape index (κ1) is 18.2. The summed E-state index contributed by atoms with van der Waals surface area (Å²) in [5, 5.41) is 5.91. The third-order valence-electron chi connectivity index (χ3n) is 3.66. The molecular formula is C19H19FN6O. The average molecular weight is 366 g/mol. The van der Waals surface area contributed by atoms with Crippen LogP contribution in [-0.4, -0.2) is 35.0 Å². The first-order valence-corrected chi connectivity index (χ1v) is 8.23. The van der Waals surface area contributed by atoms with Gasteiger partial charge in [-0.2, -0.15) is 0 Å². The molecule has 0 saturated heterocycles. The lowest BCUT2D eigenvalue weighted by Gasteiger charge is -2.14. The third kappa shape index (κ3) is 4.75. The standard InChI is InChI=1S/C19H19FN6O/c1-12-22-17(9-18(23-12)26(2)3)24-15-4-6-16(7-5-15)25-19(27)13-8-14(20)11-21-10-13/h4-11H,1-3H3,(H,25,27)(H,22,23,24). The molecule has 0 saturated carbocycles. The number of nitrogens with zero attached hydrogens (tertiary/aromatic N) is 4. The van der Waals surface area contributed by atoms with Crippen molar-refractivity contribution in [3.63, 3.8) is 0 Å². The molecule has 0 aliphatic carbocycles. The van der Waals surface area contributed by atoms with Crippen molar-refractivity contribution in [1.29, 1.82) is 0 Å². The molecule has 7 nitrogen and oxygen atoms in total. The van der Waals surface area contributed by atoms with Gasteiger partial charge in [0.1, 0.15) is 23.3 Å². The van der Waals surface area contributed by atoms with E-state index in [1.807, 2.05) is 44.1 Å². The Labute approximate surface area is 156 Å². The van der Waals surface area contributed by atoms with Gasteiger partial charge in [0.15, 0.2) is 0 Å². The molecular weight excluding hydrogens is 347 g/mol. The largest absolute Gasteiger partial charge is 0.363 e. The minimum atomic E-state index is -0.556. The summed E-state index contributed by atoms with van der Waals surface area (Å²) in [6.45, 7) is 1.83. The molecule has 8 heteroatoms. The Bertz CT molecular complexity index is 959. The number of rotatable bonds is 5. The van der Waals surface area contributed by atoms with Gasteiger partial charge in [-0.3, -0.25) is 9.78 Å². The fourth-order valence-electron chi connectivity index (χ4n) is 2.37. The van der Waals surface area contributed by atoms with Gasteiger partial charge in [-0.05, 0) is 37.3 Å². The number of hydrogen-bond acceptors (Lipinski definition) is 6. The Morgan fingerprint density at radius 1 is 1.04 bits per heavy atom. The van der Waals surface area contributed by atoms with Gasteiger partial charge in [0.05, 0.1) is 11.8 Å². The zero-order chi connectivity index (χ0) is 19.4. The van der Waals surface area contributed by atoms with Crippen molar-refractivity contribution in [3.05, 3.63) is 66.0 Å². The molecule has 0 radical (unpaired) electrons. The number of nitrogens with one attached hydrogen (secondary N) is 2. The predicted octanol–water partition coefficient (Wildman–Crippen LogP) is 3.38. The Morgan fingerprint density at radius 2 is 1.74 bits per heavy atom. The molecule has 3 rings (SSSR count). The van der Waals surface area contributed by atoms with Gasteiger partial charge in [0.25, 0.3) is 5.91 Å². The molecule has 0 bridgehead atoms. The lowest BCUT2D eigenvalue weighted by atomic mass is 10.2. The van der Waals surface area contributed by atoms with E-state index >= 15 is 0 Å². The molecule has 27 heavy (non-hydrogen) atoms. The Kier molecular flexibility index (Phi) is 5.25. The quantitative estimate of drug-likeness (QED) is 0.720. The molecule has 0 aliphatic rings. The number of aryl methyl sites for hydroxylation is 1. The molecule has 0 aliphatic heterocycles. The lowest BCUT2D eigenvalue weighted by molar-refractivity contribution is 0.102. The van der Waals surface area contributed by atoms with E-state index in [1.54, 1.807) is 12.1 Å². The van der Waals surface area contributed by atoms with Crippen LogP contribution in [0.5, 0.6) is 0 Å². The van der Waals surface area contributed by atoms with Crippen molar-refractivity contribution in [2.75, 3.05) is 29.6 Å². The van der Waals surface area contributed by atoms with E-state index in [4.69, 9.17) is 0 Å². The molecule has 2 N–H and O–H groups in total. The van der Waals surface area contributed by atoms with Crippen molar-refractivity contribution in [3.8, 4) is 0 Å². The van der Waals surface area contributed by atoms with E-state index in [9.17, 15) is 9.18 Å². The molecule has 138 valence electrons. The average Bonchev–Trinajstić information content (AvgIpc) is 2.63. The van der Waals surface area contributed by atoms with Gasteiger partial charge < -0.3 is 15.5 Å². The number of pyridine rings is 1. The topological polar surface area (TPSA) is 83.0 Å². The van der Waals surface area contributed by atoms with Crippen molar-refractivity contribution in [1.82, 2.24) is 15.0 Å². The van der Waals surface area contributed by atoms with Gasteiger partial charge >= 0.3 is 0 Å². The lowest BCUT2D eigenvalue weighted by Crippen LogP contribution is -2.13. The first-order valence-electron chi connectivity index (χ1n) is 8.23. The first-order chi connectivity index (χ1) is 12.9. The van der Waals surface area contributed by atoms with E-state index in [0.29, 0.717) is 17.3 Å². The number of benzene rings is 1. The summed E-state index contributed by atoms with van der Waals surface area (Å²) in [7, 11) is 3.83. The molecule has 1 aromatic carbocycles. The Morgan fingerprint density at radius 3 is 2.41 bits per heavy atom. The van der Waals surface area contributed by atoms with Crippen LogP contribution in [0.15, 0.2) is 48.8 Å². The van der Waals surface area contributed by atoms with Gasteiger partial charge in [0, 0.05) is 37.7 Å². The number of aromatic nitrogens is 3. The van der Waals surface area contributed by atoms with Crippen LogP contribution in [0.2, 0.25) is 0 Å². The maximum atomic E-state index is 13.2. The predicted molar refractivity (Wildman–Crippen MR) is 103 cm³/mol. The van der Waals surface area contributed by atoms with Crippen LogP contribution < -0.4 is 15.5 Å². The molecule has 1 amide bonds. The Hall–Kier alpha value is -3.55. The minimum absolute atomic E-state index is 0.157. The number of hydrogen-bond donors (Lipinski definition) is 2. The molecule has 3 aromatic rings. The van der Waals surface area contributed by atoms with Gasteiger partial charge in [-0.25, -0.2) is 14.4 Å². The molecule has 0 spiro atoms. The molecule has 2 aromatic heterocycles. The second-order valence-corrected chi connectivity index (χ2v) is 6.10. The summed E-state index contributed by atoms with van der Waals surface area (Å²) in [6, 6.07) is 10.1. The third-order valence-corrected chi connectivity index (χ3v) is 3.66. The van der Waals surface area contributed by atoms with E-state index in [1.165, 1.54) is 6.20 Å². The fourth-order valence-corrected chi connectivity index (χ4v) is 2.37. The monoisotopic (exact) mass is 366 g/mol. The highest BCUT2D eigenvalue weighted by Crippen LogP contribution is 2.20. The SMILES string of the molecule is Cc1nc(Nc2ccc(NC(=O)c3cncc(F)c3)cc2)cc(N(C)C)n1. The summed E-state index contributed by atoms with van der Waals surface area (Å²) in [5.74, 6) is 1.16. The van der Waals surface area contributed by atoms with Crippen molar-refractivity contribution >= 4 is 28.9 Å². The summed E-state index contributed by atoms with van der Waals surface area (Å²) >= 11 is 0. The highest BCUT2D eigenvalue weighted by molar-refractivity contribution is 6.04. The van der Waals surface area contributed by atoms with Crippen LogP contribution in [0, 0.1) is 12.7 Å². The summed E-state index contributed by atoms with van der Waals surface area (Å²) in [6.07, 6.45) is 2.36. The number of carbonyl (C=O) groups excluding carboxylic acids is 1. The normalized spacial score (nSPS) is 10.4. The molecule has 2 heterocycles. The van der Waals surface area contributed by atoms with Crippen LogP contribution in [0.4, 0.5) is 27.4 Å². The maximum Gasteiger partial charge on any atom is 0.257 e. The second kappa shape index (κ2) is 7.77. The summed E-state index contributed by atoms with van der Waals surface area (Å²) in [5.41, 5.74) is 1.55. The van der Waals surface area contributed by atoms with E-state index in [-0.39, 0.29) is 5.56 Å². The smallest absolute Gasteiger partial charge is 0.257 e. The highest BCUT2D eigenvalue weighted by Gasteiger charge is 2.08. The van der Waals surface area contributed by atoms with Crippen molar-refractivity contribution in [2.45, 2.75) is 6.92 Å². The summed E-state index contributed by atoms with van der Waals surface area (Å²) in [4.78, 5) is 26.4. The van der Waals surface area contributed by atoms with Crippen molar-refractivity contribution in [2.24, 2.45) is 0 Å². The van der Waals surface area contributed by atoms with Crippen LogP contribution in [0.1, 0.15) is 16.2 Å². The van der Waals surface area contributed by atoms with Crippen LogP contribution in [0.25, 0.3) is 0 Å². The van der Waals surface area contributed by atoms with Gasteiger partial charge in [-0.1, -0.05) is 0 Å². The van der Waals surface area contributed by atoms with Gasteiger partial charge in [0.2, 0.25) is 0 Å². The van der Waals surface area contributed by atoms with Crippen LogP contribution in [-0.2, 0) is 0 Å². The maximum absolute atomic E-state index is 13.2. The molecule has 0 fully saturated rings. The van der Waals surface area contributed by atoms with Crippen molar-refractivity contribution < 1.29 is 9.18 Å². The fraction of sp³-hybridized carbons (Fsp3) is 0.158. The molecule has 0 unspecified atom stereocenters. The van der Waals surface area contributed by atoms with Crippen LogP contribution in [0.3, 0.4) is 0 Å². The molecule has 0 atom stereocenters. The number of halogens is 1. The second-order valence-electron chi connectivity index (χ2n) is 6.10.